The Morgan fingerprint density at radius 3 is 2.54 bits per heavy atom. The number of para-hydroxylation sites is 1. The maximum atomic E-state index is 12.6. The Balaban J connectivity index is 0.00000109. The second-order valence-corrected chi connectivity index (χ2v) is 6.86. The van der Waals surface area contributed by atoms with Crippen LogP contribution < -0.4 is 10.9 Å². The molecule has 0 amide bonds. The van der Waals surface area contributed by atoms with E-state index < -0.39 is 0 Å². The van der Waals surface area contributed by atoms with Crippen molar-refractivity contribution in [3.63, 3.8) is 0 Å². The molecule has 7 heteroatoms. The van der Waals surface area contributed by atoms with Gasteiger partial charge < -0.3 is 10.3 Å². The van der Waals surface area contributed by atoms with Crippen LogP contribution >= 0.6 is 27.5 Å². The van der Waals surface area contributed by atoms with Gasteiger partial charge in [0.1, 0.15) is 5.65 Å². The summed E-state index contributed by atoms with van der Waals surface area (Å²) in [5.41, 5.74) is 2.16. The van der Waals surface area contributed by atoms with Gasteiger partial charge in [-0.3, -0.25) is 4.79 Å². The molecule has 0 radical (unpaired) electrons. The molecule has 28 heavy (non-hydrogen) atoms. The normalized spacial score (nSPS) is 10.3. The summed E-state index contributed by atoms with van der Waals surface area (Å²) in [6.45, 7) is 4.00. The van der Waals surface area contributed by atoms with Gasteiger partial charge in [-0.1, -0.05) is 65.6 Å². The number of anilines is 2. The lowest BCUT2D eigenvalue weighted by molar-refractivity contribution is 1.16. The van der Waals surface area contributed by atoms with E-state index in [2.05, 4.69) is 36.2 Å². The molecule has 4 aromatic rings. The van der Waals surface area contributed by atoms with E-state index in [0.29, 0.717) is 33.1 Å². The summed E-state index contributed by atoms with van der Waals surface area (Å²) >= 11 is 9.73. The smallest absolute Gasteiger partial charge is 0.257 e. The Morgan fingerprint density at radius 1 is 1.07 bits per heavy atom. The Hall–Kier alpha value is -2.70. The second-order valence-electron chi connectivity index (χ2n) is 5.60. The maximum absolute atomic E-state index is 12.6. The Labute approximate surface area is 176 Å². The summed E-state index contributed by atoms with van der Waals surface area (Å²) in [5.74, 6) is 0.408. The third-order valence-electron chi connectivity index (χ3n) is 3.86. The molecular weight excluding hydrogens is 440 g/mol. The first kappa shape index (κ1) is 20.0. The first-order chi connectivity index (χ1) is 13.6. The SMILES string of the molecule is CC.O=c1[nH]c2nc(Nc3ccccc3)ncc2cc1-c1c(Cl)cccc1Br. The summed E-state index contributed by atoms with van der Waals surface area (Å²) in [5, 5.41) is 4.31. The van der Waals surface area contributed by atoms with E-state index in [9.17, 15) is 4.79 Å². The summed E-state index contributed by atoms with van der Waals surface area (Å²) in [6, 6.07) is 16.7. The van der Waals surface area contributed by atoms with Crippen LogP contribution in [0.4, 0.5) is 11.6 Å². The fourth-order valence-electron chi connectivity index (χ4n) is 2.64. The van der Waals surface area contributed by atoms with Crippen molar-refractivity contribution in [1.29, 1.82) is 0 Å². The number of pyridine rings is 1. The molecule has 2 N–H and O–H groups in total. The predicted molar refractivity (Wildman–Crippen MR) is 119 cm³/mol. The van der Waals surface area contributed by atoms with Crippen molar-refractivity contribution in [3.8, 4) is 11.1 Å². The van der Waals surface area contributed by atoms with Crippen LogP contribution in [0.25, 0.3) is 22.2 Å². The fraction of sp³-hybridized carbons (Fsp3) is 0.0952. The lowest BCUT2D eigenvalue weighted by atomic mass is 10.1. The highest BCUT2D eigenvalue weighted by atomic mass is 79.9. The number of hydrogen-bond donors (Lipinski definition) is 2. The standard InChI is InChI=1S/C19H12BrClN4O.C2H6/c20-14-7-4-8-15(21)16(14)13-9-11-10-22-19(25-17(11)24-18(13)26)23-12-5-2-1-3-6-12;1-2/h1-10H,(H2,22,23,24,25,26);1-2H3. The Morgan fingerprint density at radius 2 is 1.82 bits per heavy atom. The van der Waals surface area contributed by atoms with Gasteiger partial charge >= 0.3 is 0 Å². The molecule has 0 spiro atoms. The zero-order valence-electron chi connectivity index (χ0n) is 15.3. The number of hydrogen-bond acceptors (Lipinski definition) is 4. The van der Waals surface area contributed by atoms with Crippen LogP contribution in [0.3, 0.4) is 0 Å². The average Bonchev–Trinajstić information content (AvgIpc) is 2.70. The number of halogens is 2. The molecule has 0 unspecified atom stereocenters. The number of aromatic amines is 1. The Kier molecular flexibility index (Phi) is 6.44. The lowest BCUT2D eigenvalue weighted by Crippen LogP contribution is -2.11. The highest BCUT2D eigenvalue weighted by Crippen LogP contribution is 2.33. The molecule has 2 heterocycles. The van der Waals surface area contributed by atoms with Gasteiger partial charge in [-0.25, -0.2) is 4.98 Å². The van der Waals surface area contributed by atoms with Gasteiger partial charge in [0.05, 0.1) is 5.56 Å². The van der Waals surface area contributed by atoms with Crippen molar-refractivity contribution in [3.05, 3.63) is 80.6 Å². The molecule has 2 aromatic heterocycles. The van der Waals surface area contributed by atoms with Gasteiger partial charge in [0.25, 0.3) is 5.56 Å². The van der Waals surface area contributed by atoms with Crippen LogP contribution in [-0.4, -0.2) is 15.0 Å². The molecule has 142 valence electrons. The fourth-order valence-corrected chi connectivity index (χ4v) is 3.61. The molecule has 0 aliphatic rings. The first-order valence-electron chi connectivity index (χ1n) is 8.78. The first-order valence-corrected chi connectivity index (χ1v) is 9.95. The molecule has 0 aliphatic carbocycles. The lowest BCUT2D eigenvalue weighted by Gasteiger charge is -2.09. The molecule has 0 saturated carbocycles. The highest BCUT2D eigenvalue weighted by molar-refractivity contribution is 9.10. The second kappa shape index (κ2) is 8.99. The number of fused-ring (bicyclic) bond motifs is 1. The summed E-state index contributed by atoms with van der Waals surface area (Å²) in [4.78, 5) is 24.1. The van der Waals surface area contributed by atoms with Gasteiger partial charge in [-0.15, -0.1) is 0 Å². The molecule has 2 aromatic carbocycles. The number of nitrogens with zero attached hydrogens (tertiary/aromatic N) is 2. The van der Waals surface area contributed by atoms with Crippen molar-refractivity contribution >= 4 is 50.2 Å². The highest BCUT2D eigenvalue weighted by Gasteiger charge is 2.13. The quantitative estimate of drug-likeness (QED) is 0.386. The minimum atomic E-state index is -0.268. The van der Waals surface area contributed by atoms with Crippen molar-refractivity contribution < 1.29 is 0 Å². The molecule has 0 fully saturated rings. The van der Waals surface area contributed by atoms with Crippen LogP contribution in [0.5, 0.6) is 0 Å². The number of nitrogens with one attached hydrogen (secondary N) is 2. The summed E-state index contributed by atoms with van der Waals surface area (Å²) < 4.78 is 0.748. The largest absolute Gasteiger partial charge is 0.324 e. The van der Waals surface area contributed by atoms with Crippen LogP contribution in [0.1, 0.15) is 13.8 Å². The van der Waals surface area contributed by atoms with Crippen LogP contribution in [0, 0.1) is 0 Å². The van der Waals surface area contributed by atoms with Crippen LogP contribution in [-0.2, 0) is 0 Å². The predicted octanol–water partition coefficient (Wildman–Crippen LogP) is 6.17. The summed E-state index contributed by atoms with van der Waals surface area (Å²) in [6.07, 6.45) is 1.66. The number of benzene rings is 2. The van der Waals surface area contributed by atoms with Gasteiger partial charge in [0.2, 0.25) is 5.95 Å². The number of rotatable bonds is 3. The zero-order valence-corrected chi connectivity index (χ0v) is 17.7. The molecule has 0 saturated heterocycles. The van der Waals surface area contributed by atoms with Crippen molar-refractivity contribution in [1.82, 2.24) is 15.0 Å². The minimum Gasteiger partial charge on any atom is -0.324 e. The molecular formula is C21H18BrClN4O. The van der Waals surface area contributed by atoms with E-state index in [1.54, 1.807) is 18.3 Å². The van der Waals surface area contributed by atoms with Crippen LogP contribution in [0.15, 0.2) is 70.1 Å². The Bertz CT molecular complexity index is 1140. The van der Waals surface area contributed by atoms with E-state index in [1.807, 2.05) is 56.3 Å². The van der Waals surface area contributed by atoms with E-state index >= 15 is 0 Å². The zero-order chi connectivity index (χ0) is 20.1. The van der Waals surface area contributed by atoms with E-state index in [-0.39, 0.29) is 5.56 Å². The minimum absolute atomic E-state index is 0.268. The molecule has 0 atom stereocenters. The molecule has 0 bridgehead atoms. The van der Waals surface area contributed by atoms with E-state index in [0.717, 1.165) is 10.2 Å². The molecule has 0 aliphatic heterocycles. The molecule has 4 rings (SSSR count). The van der Waals surface area contributed by atoms with Crippen molar-refractivity contribution in [2.45, 2.75) is 13.8 Å². The summed E-state index contributed by atoms with van der Waals surface area (Å²) in [7, 11) is 0. The number of H-pyrrole nitrogens is 1. The van der Waals surface area contributed by atoms with Gasteiger partial charge in [-0.05, 0) is 30.3 Å². The monoisotopic (exact) mass is 456 g/mol. The van der Waals surface area contributed by atoms with E-state index in [4.69, 9.17) is 11.6 Å². The average molecular weight is 458 g/mol. The third kappa shape index (κ3) is 4.24. The molecule has 5 nitrogen and oxygen atoms in total. The van der Waals surface area contributed by atoms with Crippen molar-refractivity contribution in [2.24, 2.45) is 0 Å². The van der Waals surface area contributed by atoms with Gasteiger partial charge in [0.15, 0.2) is 0 Å². The van der Waals surface area contributed by atoms with Gasteiger partial charge in [-0.2, -0.15) is 4.98 Å². The van der Waals surface area contributed by atoms with E-state index in [1.165, 1.54) is 0 Å². The van der Waals surface area contributed by atoms with Crippen LogP contribution in [0.2, 0.25) is 5.02 Å². The van der Waals surface area contributed by atoms with Gasteiger partial charge in [0, 0.05) is 32.3 Å². The maximum Gasteiger partial charge on any atom is 0.257 e. The van der Waals surface area contributed by atoms with Crippen molar-refractivity contribution in [2.75, 3.05) is 5.32 Å². The third-order valence-corrected chi connectivity index (χ3v) is 4.83. The number of aromatic nitrogens is 3. The topological polar surface area (TPSA) is 70.7 Å².